The number of nitrogens with zero attached hydrogens (tertiary/aromatic N) is 1. The maximum atomic E-state index is 11.7. The van der Waals surface area contributed by atoms with Crippen molar-refractivity contribution in [3.8, 4) is 0 Å². The molecule has 0 unspecified atom stereocenters. The zero-order valence-corrected chi connectivity index (χ0v) is 11.0. The Bertz CT molecular complexity index is 247. The Labute approximate surface area is 98.0 Å². The van der Waals surface area contributed by atoms with Crippen LogP contribution in [0, 0.1) is 5.41 Å². The Morgan fingerprint density at radius 1 is 1.31 bits per heavy atom. The molecule has 4 heteroatoms. The van der Waals surface area contributed by atoms with Gasteiger partial charge in [0.25, 0.3) is 0 Å². The van der Waals surface area contributed by atoms with Crippen LogP contribution in [0.2, 0.25) is 0 Å². The SMILES string of the molecule is CCCCC(C)(C)C(=O)O/N=C(/C)OCC. The number of oxime groups is 1. The lowest BCUT2D eigenvalue weighted by molar-refractivity contribution is -0.154. The van der Waals surface area contributed by atoms with E-state index >= 15 is 0 Å². The fourth-order valence-corrected chi connectivity index (χ4v) is 1.19. The summed E-state index contributed by atoms with van der Waals surface area (Å²) in [6.45, 7) is 9.87. The summed E-state index contributed by atoms with van der Waals surface area (Å²) < 4.78 is 5.06. The standard InChI is InChI=1S/C12H23NO3/c1-6-8-9-12(4,5)11(14)16-13-10(3)15-7-2/h6-9H2,1-5H3/b13-10-. The van der Waals surface area contributed by atoms with E-state index in [-0.39, 0.29) is 5.97 Å². The molecule has 0 bridgehead atoms. The van der Waals surface area contributed by atoms with Crippen molar-refractivity contribution < 1.29 is 14.4 Å². The van der Waals surface area contributed by atoms with Crippen LogP contribution in [-0.4, -0.2) is 18.5 Å². The second kappa shape index (κ2) is 7.25. The Balaban J connectivity index is 4.18. The van der Waals surface area contributed by atoms with E-state index in [9.17, 15) is 4.79 Å². The van der Waals surface area contributed by atoms with Gasteiger partial charge in [-0.3, -0.25) is 0 Å². The lowest BCUT2D eigenvalue weighted by atomic mass is 9.87. The van der Waals surface area contributed by atoms with Crippen molar-refractivity contribution in [3.63, 3.8) is 0 Å². The second-order valence-electron chi connectivity index (χ2n) is 4.41. The first-order valence-corrected chi connectivity index (χ1v) is 5.82. The molecule has 0 aromatic rings. The van der Waals surface area contributed by atoms with Crippen molar-refractivity contribution in [3.05, 3.63) is 0 Å². The summed E-state index contributed by atoms with van der Waals surface area (Å²) in [7, 11) is 0. The highest BCUT2D eigenvalue weighted by atomic mass is 16.7. The molecule has 4 nitrogen and oxygen atoms in total. The van der Waals surface area contributed by atoms with Crippen LogP contribution >= 0.6 is 0 Å². The molecule has 0 aromatic heterocycles. The van der Waals surface area contributed by atoms with Crippen LogP contribution in [0.25, 0.3) is 0 Å². The first kappa shape index (κ1) is 14.9. The normalized spacial score (nSPS) is 12.4. The molecule has 0 radical (unpaired) electrons. The van der Waals surface area contributed by atoms with E-state index in [1.54, 1.807) is 6.92 Å². The van der Waals surface area contributed by atoms with Gasteiger partial charge in [0.1, 0.15) is 0 Å². The third-order valence-electron chi connectivity index (χ3n) is 2.32. The fourth-order valence-electron chi connectivity index (χ4n) is 1.19. The molecule has 0 heterocycles. The summed E-state index contributed by atoms with van der Waals surface area (Å²) >= 11 is 0. The molecule has 0 atom stereocenters. The predicted octanol–water partition coefficient (Wildman–Crippen LogP) is 3.12. The van der Waals surface area contributed by atoms with Gasteiger partial charge in [0, 0.05) is 6.92 Å². The fraction of sp³-hybridized carbons (Fsp3) is 0.833. The van der Waals surface area contributed by atoms with Gasteiger partial charge in [-0.05, 0) is 32.3 Å². The average Bonchev–Trinajstić information content (AvgIpc) is 2.23. The zero-order chi connectivity index (χ0) is 12.6. The van der Waals surface area contributed by atoms with Crippen LogP contribution in [0.1, 0.15) is 53.9 Å². The van der Waals surface area contributed by atoms with Gasteiger partial charge in [-0.2, -0.15) is 0 Å². The number of unbranched alkanes of at least 4 members (excludes halogenated alkanes) is 1. The zero-order valence-electron chi connectivity index (χ0n) is 11.0. The van der Waals surface area contributed by atoms with Gasteiger partial charge in [0.2, 0.25) is 5.90 Å². The van der Waals surface area contributed by atoms with E-state index in [0.29, 0.717) is 12.5 Å². The molecule has 0 saturated carbocycles. The largest absolute Gasteiger partial charge is 0.479 e. The lowest BCUT2D eigenvalue weighted by Gasteiger charge is -2.19. The van der Waals surface area contributed by atoms with Crippen LogP contribution in [0.3, 0.4) is 0 Å². The van der Waals surface area contributed by atoms with Gasteiger partial charge in [-0.25, -0.2) is 4.79 Å². The molecule has 0 aliphatic carbocycles. The number of hydrogen-bond donors (Lipinski definition) is 0. The Kier molecular flexibility index (Phi) is 6.77. The molecule has 16 heavy (non-hydrogen) atoms. The predicted molar refractivity (Wildman–Crippen MR) is 64.1 cm³/mol. The van der Waals surface area contributed by atoms with Crippen molar-refractivity contribution in [2.75, 3.05) is 6.61 Å². The molecule has 0 aliphatic rings. The third kappa shape index (κ3) is 5.73. The number of carbonyl (C=O) groups excluding carboxylic acids is 1. The van der Waals surface area contributed by atoms with Crippen LogP contribution in [0.15, 0.2) is 5.16 Å². The molecule has 94 valence electrons. The third-order valence-corrected chi connectivity index (χ3v) is 2.32. The van der Waals surface area contributed by atoms with Crippen LogP contribution in [0.5, 0.6) is 0 Å². The summed E-state index contributed by atoms with van der Waals surface area (Å²) in [6.07, 6.45) is 2.89. The molecule has 0 saturated heterocycles. The smallest absolute Gasteiger partial charge is 0.340 e. The summed E-state index contributed by atoms with van der Waals surface area (Å²) in [5, 5.41) is 3.63. The Morgan fingerprint density at radius 3 is 2.44 bits per heavy atom. The van der Waals surface area contributed by atoms with E-state index in [1.165, 1.54) is 0 Å². The van der Waals surface area contributed by atoms with Crippen LogP contribution < -0.4 is 0 Å². The van der Waals surface area contributed by atoms with Crippen LogP contribution in [0.4, 0.5) is 0 Å². The average molecular weight is 229 g/mol. The quantitative estimate of drug-likeness (QED) is 0.304. The number of hydrogen-bond acceptors (Lipinski definition) is 4. The topological polar surface area (TPSA) is 47.9 Å². The molecule has 0 fully saturated rings. The van der Waals surface area contributed by atoms with E-state index in [2.05, 4.69) is 12.1 Å². The lowest BCUT2D eigenvalue weighted by Crippen LogP contribution is -2.25. The van der Waals surface area contributed by atoms with Gasteiger partial charge in [0.15, 0.2) is 0 Å². The first-order chi connectivity index (χ1) is 7.44. The molecule has 0 N–H and O–H groups in total. The van der Waals surface area contributed by atoms with E-state index < -0.39 is 5.41 Å². The van der Waals surface area contributed by atoms with E-state index in [4.69, 9.17) is 9.57 Å². The van der Waals surface area contributed by atoms with Gasteiger partial charge < -0.3 is 9.57 Å². The Hall–Kier alpha value is -1.06. The highest BCUT2D eigenvalue weighted by Gasteiger charge is 2.29. The first-order valence-electron chi connectivity index (χ1n) is 5.82. The molecular formula is C12H23NO3. The van der Waals surface area contributed by atoms with E-state index in [1.807, 2.05) is 20.8 Å². The van der Waals surface area contributed by atoms with Crippen molar-refractivity contribution in [1.82, 2.24) is 0 Å². The minimum Gasteiger partial charge on any atom is -0.479 e. The molecule has 0 aliphatic heterocycles. The van der Waals surface area contributed by atoms with Crippen molar-refractivity contribution >= 4 is 11.9 Å². The highest BCUT2D eigenvalue weighted by molar-refractivity contribution is 5.78. The Morgan fingerprint density at radius 2 is 1.94 bits per heavy atom. The van der Waals surface area contributed by atoms with Crippen LogP contribution in [-0.2, 0) is 14.4 Å². The molecule has 0 spiro atoms. The van der Waals surface area contributed by atoms with Gasteiger partial charge in [-0.15, -0.1) is 0 Å². The summed E-state index contributed by atoms with van der Waals surface area (Å²) in [4.78, 5) is 16.5. The summed E-state index contributed by atoms with van der Waals surface area (Å²) in [5.74, 6) is 0.0714. The molecular weight excluding hydrogens is 206 g/mol. The van der Waals surface area contributed by atoms with Crippen molar-refractivity contribution in [2.24, 2.45) is 10.6 Å². The van der Waals surface area contributed by atoms with E-state index in [0.717, 1.165) is 19.3 Å². The monoisotopic (exact) mass is 229 g/mol. The van der Waals surface area contributed by atoms with Gasteiger partial charge in [-0.1, -0.05) is 19.8 Å². The summed E-state index contributed by atoms with van der Waals surface area (Å²) in [6, 6.07) is 0. The minimum absolute atomic E-state index is 0.306. The maximum absolute atomic E-state index is 11.7. The van der Waals surface area contributed by atoms with Crippen molar-refractivity contribution in [2.45, 2.75) is 53.9 Å². The maximum Gasteiger partial charge on any atom is 0.340 e. The van der Waals surface area contributed by atoms with Gasteiger partial charge in [0.05, 0.1) is 12.0 Å². The second-order valence-corrected chi connectivity index (χ2v) is 4.41. The number of ether oxygens (including phenoxy) is 1. The highest BCUT2D eigenvalue weighted by Crippen LogP contribution is 2.24. The number of carbonyl (C=O) groups is 1. The molecule has 0 amide bonds. The summed E-state index contributed by atoms with van der Waals surface area (Å²) in [5.41, 5.74) is -0.480. The minimum atomic E-state index is -0.480. The molecule has 0 rings (SSSR count). The van der Waals surface area contributed by atoms with Gasteiger partial charge >= 0.3 is 5.97 Å². The van der Waals surface area contributed by atoms with Crippen molar-refractivity contribution in [1.29, 1.82) is 0 Å². The molecule has 0 aromatic carbocycles. The number of rotatable bonds is 6.